The molecule has 0 aliphatic rings. The van der Waals surface area contributed by atoms with Gasteiger partial charge in [0, 0.05) is 18.8 Å². The minimum Gasteiger partial charge on any atom is -0.493 e. The molecule has 1 atom stereocenters. The van der Waals surface area contributed by atoms with Gasteiger partial charge in [0.05, 0.1) is 12.7 Å². The Morgan fingerprint density at radius 3 is 2.30 bits per heavy atom. The van der Waals surface area contributed by atoms with E-state index < -0.39 is 0 Å². The third-order valence-electron chi connectivity index (χ3n) is 4.36. The van der Waals surface area contributed by atoms with Gasteiger partial charge in [-0.05, 0) is 47.7 Å². The molecule has 0 saturated heterocycles. The monoisotopic (exact) mass is 359 g/mol. The number of pyridine rings is 1. The van der Waals surface area contributed by atoms with Crippen LogP contribution < -0.4 is 4.74 Å². The maximum atomic E-state index is 10.1. The van der Waals surface area contributed by atoms with Crippen LogP contribution in [0.1, 0.15) is 29.5 Å². The number of aryl methyl sites for hydroxylation is 1. The highest BCUT2D eigenvalue weighted by Gasteiger charge is 2.05. The molecule has 1 heterocycles. The lowest BCUT2D eigenvalue weighted by molar-refractivity contribution is 0.131. The first-order valence-electron chi connectivity index (χ1n) is 9.32. The summed E-state index contributed by atoms with van der Waals surface area (Å²) in [6.07, 6.45) is 9.59. The first kappa shape index (κ1) is 18.9. The molecule has 2 aromatic carbocycles. The highest BCUT2D eigenvalue weighted by molar-refractivity contribution is 5.69. The average Bonchev–Trinajstić information content (AvgIpc) is 2.73. The number of rotatable bonds is 9. The van der Waals surface area contributed by atoms with Crippen molar-refractivity contribution in [3.63, 3.8) is 0 Å². The summed E-state index contributed by atoms with van der Waals surface area (Å²) in [7, 11) is 0. The van der Waals surface area contributed by atoms with Crippen LogP contribution in [0, 0.1) is 0 Å². The maximum Gasteiger partial charge on any atom is 0.119 e. The Labute approximate surface area is 161 Å². The smallest absolute Gasteiger partial charge is 0.119 e. The first-order chi connectivity index (χ1) is 13.3. The van der Waals surface area contributed by atoms with Gasteiger partial charge in [-0.3, -0.25) is 4.98 Å². The Morgan fingerprint density at radius 2 is 1.59 bits per heavy atom. The number of benzene rings is 2. The van der Waals surface area contributed by atoms with Gasteiger partial charge in [-0.15, -0.1) is 0 Å². The molecule has 3 aromatic rings. The van der Waals surface area contributed by atoms with Crippen LogP contribution in [0.3, 0.4) is 0 Å². The van der Waals surface area contributed by atoms with E-state index in [4.69, 9.17) is 4.74 Å². The van der Waals surface area contributed by atoms with E-state index >= 15 is 0 Å². The van der Waals surface area contributed by atoms with Crippen molar-refractivity contribution in [3.8, 4) is 5.75 Å². The second-order valence-electron chi connectivity index (χ2n) is 6.50. The Hall–Kier alpha value is -2.91. The number of hydrogen-bond acceptors (Lipinski definition) is 3. The molecular formula is C24H25NO2. The minimum atomic E-state index is -0.363. The number of nitrogens with zero attached hydrogens (tertiary/aromatic N) is 1. The summed E-state index contributed by atoms with van der Waals surface area (Å²) < 4.78 is 5.75. The number of aromatic nitrogens is 1. The fraction of sp³-hybridized carbons (Fsp3) is 0.208. The normalized spacial score (nSPS) is 12.2. The van der Waals surface area contributed by atoms with E-state index in [2.05, 4.69) is 29.3 Å². The Bertz CT molecular complexity index is 814. The highest BCUT2D eigenvalue weighted by atomic mass is 16.5. The van der Waals surface area contributed by atoms with Gasteiger partial charge in [-0.1, -0.05) is 60.7 Å². The van der Waals surface area contributed by atoms with Gasteiger partial charge in [-0.2, -0.15) is 0 Å². The van der Waals surface area contributed by atoms with Crippen LogP contribution in [0.4, 0.5) is 0 Å². The molecule has 1 aromatic heterocycles. The van der Waals surface area contributed by atoms with Crippen LogP contribution >= 0.6 is 0 Å². The van der Waals surface area contributed by atoms with Crippen molar-refractivity contribution >= 4 is 12.2 Å². The molecule has 1 unspecified atom stereocenters. The van der Waals surface area contributed by atoms with Gasteiger partial charge < -0.3 is 9.84 Å². The SMILES string of the molecule is OC(CCOc1ccc(/C=C/c2ccccc2)cc1)CCc1cccnc1. The zero-order valence-electron chi connectivity index (χ0n) is 15.4. The molecule has 0 radical (unpaired) electrons. The summed E-state index contributed by atoms with van der Waals surface area (Å²) in [5.41, 5.74) is 3.46. The molecule has 0 amide bonds. The van der Waals surface area contributed by atoms with E-state index in [0.717, 1.165) is 29.7 Å². The zero-order chi connectivity index (χ0) is 18.7. The summed E-state index contributed by atoms with van der Waals surface area (Å²) in [4.78, 5) is 4.09. The van der Waals surface area contributed by atoms with Gasteiger partial charge in [0.1, 0.15) is 5.75 Å². The van der Waals surface area contributed by atoms with Gasteiger partial charge in [0.25, 0.3) is 0 Å². The highest BCUT2D eigenvalue weighted by Crippen LogP contribution is 2.15. The topological polar surface area (TPSA) is 42.4 Å². The Balaban J connectivity index is 1.39. The van der Waals surface area contributed by atoms with Crippen molar-refractivity contribution in [2.45, 2.75) is 25.4 Å². The number of aliphatic hydroxyl groups excluding tert-OH is 1. The minimum absolute atomic E-state index is 0.363. The zero-order valence-corrected chi connectivity index (χ0v) is 15.4. The average molecular weight is 359 g/mol. The molecule has 1 N–H and O–H groups in total. The number of aliphatic hydroxyl groups is 1. The molecular weight excluding hydrogens is 334 g/mol. The third kappa shape index (κ3) is 6.72. The molecule has 0 aliphatic heterocycles. The quantitative estimate of drug-likeness (QED) is 0.546. The maximum absolute atomic E-state index is 10.1. The standard InChI is InChI=1S/C24H25NO2/c26-23(13-10-22-7-4-17-25-19-22)16-18-27-24-14-11-21(12-15-24)9-8-20-5-2-1-3-6-20/h1-9,11-12,14-15,17,19,23,26H,10,13,16,18H2/b9-8+. The van der Waals surface area contributed by atoms with E-state index in [1.165, 1.54) is 5.56 Å². The first-order valence-corrected chi connectivity index (χ1v) is 9.32. The van der Waals surface area contributed by atoms with Crippen LogP contribution in [-0.2, 0) is 6.42 Å². The summed E-state index contributed by atoms with van der Waals surface area (Å²) in [5.74, 6) is 0.825. The van der Waals surface area contributed by atoms with Crippen molar-refractivity contribution in [3.05, 3.63) is 95.8 Å². The van der Waals surface area contributed by atoms with Gasteiger partial charge in [0.15, 0.2) is 0 Å². The van der Waals surface area contributed by atoms with Crippen molar-refractivity contribution in [2.24, 2.45) is 0 Å². The summed E-state index contributed by atoms with van der Waals surface area (Å²) >= 11 is 0. The second kappa shape index (κ2) is 10.3. The largest absolute Gasteiger partial charge is 0.493 e. The molecule has 3 rings (SSSR count). The summed E-state index contributed by atoms with van der Waals surface area (Å²) in [6.45, 7) is 0.507. The van der Waals surface area contributed by atoms with Crippen LogP contribution in [0.2, 0.25) is 0 Å². The fourth-order valence-corrected chi connectivity index (χ4v) is 2.77. The number of ether oxygens (including phenoxy) is 1. The van der Waals surface area contributed by atoms with Crippen LogP contribution in [-0.4, -0.2) is 22.8 Å². The van der Waals surface area contributed by atoms with Gasteiger partial charge in [-0.25, -0.2) is 0 Å². The van der Waals surface area contributed by atoms with Crippen molar-refractivity contribution in [1.29, 1.82) is 0 Å². The summed E-state index contributed by atoms with van der Waals surface area (Å²) in [6, 6.07) is 22.2. The van der Waals surface area contributed by atoms with Crippen molar-refractivity contribution in [1.82, 2.24) is 4.98 Å². The van der Waals surface area contributed by atoms with E-state index in [1.54, 1.807) is 6.20 Å². The molecule has 3 heteroatoms. The number of hydrogen-bond donors (Lipinski definition) is 1. The third-order valence-corrected chi connectivity index (χ3v) is 4.36. The molecule has 27 heavy (non-hydrogen) atoms. The van der Waals surface area contributed by atoms with Gasteiger partial charge in [0.2, 0.25) is 0 Å². The fourth-order valence-electron chi connectivity index (χ4n) is 2.77. The van der Waals surface area contributed by atoms with Crippen LogP contribution in [0.15, 0.2) is 79.1 Å². The predicted octanol–water partition coefficient (Wildman–Crippen LogP) is 5.01. The van der Waals surface area contributed by atoms with Crippen molar-refractivity contribution < 1.29 is 9.84 Å². The predicted molar refractivity (Wildman–Crippen MR) is 110 cm³/mol. The van der Waals surface area contributed by atoms with E-state index in [9.17, 15) is 5.11 Å². The molecule has 0 saturated carbocycles. The van der Waals surface area contributed by atoms with Gasteiger partial charge >= 0.3 is 0 Å². The van der Waals surface area contributed by atoms with Crippen LogP contribution in [0.25, 0.3) is 12.2 Å². The Kier molecular flexibility index (Phi) is 7.19. The molecule has 0 spiro atoms. The van der Waals surface area contributed by atoms with E-state index in [1.807, 2.05) is 60.8 Å². The lowest BCUT2D eigenvalue weighted by atomic mass is 10.1. The molecule has 138 valence electrons. The molecule has 0 aliphatic carbocycles. The van der Waals surface area contributed by atoms with E-state index in [-0.39, 0.29) is 6.10 Å². The second-order valence-corrected chi connectivity index (χ2v) is 6.50. The molecule has 3 nitrogen and oxygen atoms in total. The lowest BCUT2D eigenvalue weighted by Gasteiger charge is -2.11. The Morgan fingerprint density at radius 1 is 0.852 bits per heavy atom. The van der Waals surface area contributed by atoms with Crippen molar-refractivity contribution in [2.75, 3.05) is 6.61 Å². The van der Waals surface area contributed by atoms with Crippen LogP contribution in [0.5, 0.6) is 5.75 Å². The lowest BCUT2D eigenvalue weighted by Crippen LogP contribution is -2.13. The summed E-state index contributed by atoms with van der Waals surface area (Å²) in [5, 5.41) is 10.1. The van der Waals surface area contributed by atoms with E-state index in [0.29, 0.717) is 13.0 Å². The molecule has 0 fully saturated rings. The molecule has 0 bridgehead atoms.